The number of carbonyl (C=O) groups excluding carboxylic acids is 1. The molecule has 2 aromatic carbocycles. The molecular formula is C18H16N2O7. The highest BCUT2D eigenvalue weighted by Gasteiger charge is 2.17. The van der Waals surface area contributed by atoms with E-state index in [4.69, 9.17) is 9.47 Å². The van der Waals surface area contributed by atoms with Gasteiger partial charge in [0.25, 0.3) is 11.4 Å². The second kappa shape index (κ2) is 8.56. The molecule has 0 heterocycles. The van der Waals surface area contributed by atoms with E-state index in [-0.39, 0.29) is 29.1 Å². The third-order valence-corrected chi connectivity index (χ3v) is 3.58. The molecule has 0 saturated carbocycles. The summed E-state index contributed by atoms with van der Waals surface area (Å²) < 4.78 is 10.3. The number of esters is 1. The Hall–Kier alpha value is -3.75. The van der Waals surface area contributed by atoms with Crippen molar-refractivity contribution in [3.8, 4) is 11.5 Å². The quantitative estimate of drug-likeness (QED) is 0.237. The number of hydrogen-bond acceptors (Lipinski definition) is 7. The minimum absolute atomic E-state index is 0.214. The normalized spacial score (nSPS) is 10.6. The highest BCUT2D eigenvalue weighted by atomic mass is 16.6. The van der Waals surface area contributed by atoms with Gasteiger partial charge in [0.05, 0.1) is 28.6 Å². The molecule has 9 heteroatoms. The maximum absolute atomic E-state index is 11.4. The summed E-state index contributed by atoms with van der Waals surface area (Å²) in [4.78, 5) is 32.0. The Labute approximate surface area is 154 Å². The SMILES string of the molecule is CCC(=O)Oc1ccc(C=Cc2ccc([N+](=O)[O-])cc2[N+](=O)[O-])cc1OC. The molecule has 0 aliphatic heterocycles. The van der Waals surface area contributed by atoms with Gasteiger partial charge in [-0.15, -0.1) is 0 Å². The van der Waals surface area contributed by atoms with E-state index in [1.165, 1.54) is 25.3 Å². The van der Waals surface area contributed by atoms with Crippen LogP contribution in [0.15, 0.2) is 36.4 Å². The van der Waals surface area contributed by atoms with E-state index in [0.29, 0.717) is 11.3 Å². The number of hydrogen-bond donors (Lipinski definition) is 0. The standard InChI is InChI=1S/C18H16N2O7/c1-3-18(21)27-16-9-5-12(10-17(16)26-2)4-6-13-7-8-14(19(22)23)11-15(13)20(24)25/h4-11H,3H2,1-2H3. The van der Waals surface area contributed by atoms with Gasteiger partial charge in [-0.3, -0.25) is 25.0 Å². The van der Waals surface area contributed by atoms with E-state index in [1.807, 2.05) is 0 Å². The summed E-state index contributed by atoms with van der Waals surface area (Å²) in [5.41, 5.74) is 0.116. The predicted molar refractivity (Wildman–Crippen MR) is 97.6 cm³/mol. The van der Waals surface area contributed by atoms with E-state index in [9.17, 15) is 25.0 Å². The summed E-state index contributed by atoms with van der Waals surface area (Å²) in [5.74, 6) is 0.193. The largest absolute Gasteiger partial charge is 0.493 e. The van der Waals surface area contributed by atoms with Crippen LogP contribution in [0.1, 0.15) is 24.5 Å². The minimum Gasteiger partial charge on any atom is -0.493 e. The molecule has 0 N–H and O–H groups in total. The summed E-state index contributed by atoms with van der Waals surface area (Å²) in [6.07, 6.45) is 3.27. The van der Waals surface area contributed by atoms with Crippen LogP contribution in [-0.4, -0.2) is 22.9 Å². The van der Waals surface area contributed by atoms with Gasteiger partial charge in [0.15, 0.2) is 11.5 Å². The lowest BCUT2D eigenvalue weighted by Gasteiger charge is -2.09. The number of benzene rings is 2. The van der Waals surface area contributed by atoms with E-state index >= 15 is 0 Å². The molecule has 0 aliphatic rings. The van der Waals surface area contributed by atoms with Gasteiger partial charge in [0.2, 0.25) is 0 Å². The van der Waals surface area contributed by atoms with Crippen molar-refractivity contribution in [2.45, 2.75) is 13.3 Å². The fourth-order valence-electron chi connectivity index (χ4n) is 2.20. The Bertz CT molecular complexity index is 922. The van der Waals surface area contributed by atoms with E-state index in [0.717, 1.165) is 6.07 Å². The Kier molecular flexibility index (Phi) is 6.21. The summed E-state index contributed by atoms with van der Waals surface area (Å²) in [7, 11) is 1.42. The lowest BCUT2D eigenvalue weighted by atomic mass is 10.1. The molecule has 0 fully saturated rings. The van der Waals surface area contributed by atoms with Crippen LogP contribution >= 0.6 is 0 Å². The lowest BCUT2D eigenvalue weighted by Crippen LogP contribution is -2.06. The number of ether oxygens (including phenoxy) is 2. The van der Waals surface area contributed by atoms with Crippen molar-refractivity contribution in [3.63, 3.8) is 0 Å². The minimum atomic E-state index is -0.693. The van der Waals surface area contributed by atoms with Gasteiger partial charge in [-0.25, -0.2) is 0 Å². The molecule has 140 valence electrons. The number of carbonyl (C=O) groups is 1. The van der Waals surface area contributed by atoms with Crippen molar-refractivity contribution >= 4 is 29.5 Å². The molecular weight excluding hydrogens is 356 g/mol. The average molecular weight is 372 g/mol. The maximum atomic E-state index is 11.4. The zero-order valence-corrected chi connectivity index (χ0v) is 14.6. The Balaban J connectivity index is 2.33. The number of nitro groups is 2. The van der Waals surface area contributed by atoms with Crippen molar-refractivity contribution in [1.29, 1.82) is 0 Å². The molecule has 0 unspecified atom stereocenters. The average Bonchev–Trinajstić information content (AvgIpc) is 2.66. The van der Waals surface area contributed by atoms with E-state index in [1.54, 1.807) is 31.2 Å². The van der Waals surface area contributed by atoms with Gasteiger partial charge < -0.3 is 9.47 Å². The molecule has 0 spiro atoms. The number of nitro benzene ring substituents is 2. The van der Waals surface area contributed by atoms with Crippen LogP contribution in [-0.2, 0) is 4.79 Å². The van der Waals surface area contributed by atoms with Crippen LogP contribution in [0, 0.1) is 20.2 Å². The van der Waals surface area contributed by atoms with Crippen molar-refractivity contribution in [2.75, 3.05) is 7.11 Å². The highest BCUT2D eigenvalue weighted by molar-refractivity contribution is 5.77. The van der Waals surface area contributed by atoms with Gasteiger partial charge in [-0.05, 0) is 29.8 Å². The first-order chi connectivity index (χ1) is 12.8. The first-order valence-electron chi connectivity index (χ1n) is 7.85. The zero-order chi connectivity index (χ0) is 20.0. The monoisotopic (exact) mass is 372 g/mol. The van der Waals surface area contributed by atoms with Gasteiger partial charge in [-0.2, -0.15) is 0 Å². The van der Waals surface area contributed by atoms with Crippen molar-refractivity contribution < 1.29 is 24.1 Å². The summed E-state index contributed by atoms with van der Waals surface area (Å²) in [6.45, 7) is 1.67. The Morgan fingerprint density at radius 3 is 2.37 bits per heavy atom. The van der Waals surface area contributed by atoms with Crippen LogP contribution in [0.5, 0.6) is 11.5 Å². The van der Waals surface area contributed by atoms with Crippen LogP contribution < -0.4 is 9.47 Å². The van der Waals surface area contributed by atoms with Crippen LogP contribution in [0.25, 0.3) is 12.2 Å². The highest BCUT2D eigenvalue weighted by Crippen LogP contribution is 2.30. The molecule has 2 rings (SSSR count). The Morgan fingerprint density at radius 2 is 1.78 bits per heavy atom. The summed E-state index contributed by atoms with van der Waals surface area (Å²) in [5, 5.41) is 21.9. The maximum Gasteiger partial charge on any atom is 0.311 e. The third kappa shape index (κ3) is 4.88. The number of non-ortho nitro benzene ring substituents is 1. The number of methoxy groups -OCH3 is 1. The van der Waals surface area contributed by atoms with Crippen LogP contribution in [0.4, 0.5) is 11.4 Å². The molecule has 0 saturated heterocycles. The Morgan fingerprint density at radius 1 is 1.04 bits per heavy atom. The third-order valence-electron chi connectivity index (χ3n) is 3.58. The first-order valence-corrected chi connectivity index (χ1v) is 7.85. The molecule has 0 aliphatic carbocycles. The number of rotatable bonds is 7. The smallest absolute Gasteiger partial charge is 0.311 e. The van der Waals surface area contributed by atoms with Crippen LogP contribution in [0.2, 0.25) is 0 Å². The summed E-state index contributed by atoms with van der Waals surface area (Å²) in [6, 6.07) is 8.21. The van der Waals surface area contributed by atoms with Crippen LogP contribution in [0.3, 0.4) is 0 Å². The van der Waals surface area contributed by atoms with Crippen molar-refractivity contribution in [1.82, 2.24) is 0 Å². The lowest BCUT2D eigenvalue weighted by molar-refractivity contribution is -0.394. The van der Waals surface area contributed by atoms with Gasteiger partial charge >= 0.3 is 5.97 Å². The van der Waals surface area contributed by atoms with Gasteiger partial charge in [0, 0.05) is 12.5 Å². The number of nitrogens with zero attached hydrogens (tertiary/aromatic N) is 2. The molecule has 0 bridgehead atoms. The molecule has 0 radical (unpaired) electrons. The molecule has 0 aromatic heterocycles. The van der Waals surface area contributed by atoms with E-state index < -0.39 is 15.8 Å². The molecule has 0 amide bonds. The molecule has 27 heavy (non-hydrogen) atoms. The van der Waals surface area contributed by atoms with Crippen molar-refractivity contribution in [3.05, 3.63) is 67.8 Å². The second-order valence-corrected chi connectivity index (χ2v) is 5.33. The van der Waals surface area contributed by atoms with E-state index in [2.05, 4.69) is 0 Å². The first kappa shape index (κ1) is 19.6. The predicted octanol–water partition coefficient (Wildman–Crippen LogP) is 4.00. The molecule has 2 aromatic rings. The summed E-state index contributed by atoms with van der Waals surface area (Å²) >= 11 is 0. The fraction of sp³-hybridized carbons (Fsp3) is 0.167. The van der Waals surface area contributed by atoms with Gasteiger partial charge in [-0.1, -0.05) is 19.1 Å². The fourth-order valence-corrected chi connectivity index (χ4v) is 2.20. The van der Waals surface area contributed by atoms with Crippen molar-refractivity contribution in [2.24, 2.45) is 0 Å². The topological polar surface area (TPSA) is 122 Å². The molecule has 0 atom stereocenters. The zero-order valence-electron chi connectivity index (χ0n) is 14.6. The van der Waals surface area contributed by atoms with Gasteiger partial charge in [0.1, 0.15) is 0 Å². The second-order valence-electron chi connectivity index (χ2n) is 5.33. The molecule has 9 nitrogen and oxygen atoms in total.